The van der Waals surface area contributed by atoms with Crippen LogP contribution in [0.15, 0.2) is 22.6 Å². The third kappa shape index (κ3) is 5.15. The Morgan fingerprint density at radius 3 is 2.00 bits per heavy atom. The smallest absolute Gasteiger partial charge is 0.338 e. The summed E-state index contributed by atoms with van der Waals surface area (Å²) < 4.78 is 14.8. The molecule has 1 heterocycles. The summed E-state index contributed by atoms with van der Waals surface area (Å²) in [6, 6.07) is 0. The molecule has 1 aliphatic carbocycles. The molecule has 0 radical (unpaired) electrons. The summed E-state index contributed by atoms with van der Waals surface area (Å²) in [5, 5.41) is 0. The largest absolute Gasteiger partial charge is 0.458 e. The second-order valence-corrected chi connectivity index (χ2v) is 10.0. The van der Waals surface area contributed by atoms with Crippen LogP contribution in [0.5, 0.6) is 0 Å². The third-order valence-electron chi connectivity index (χ3n) is 3.80. The Morgan fingerprint density at radius 1 is 1.04 bits per heavy atom. The number of allylic oxidation sites excluding steroid dienone is 1. The molecule has 27 heavy (non-hydrogen) atoms. The van der Waals surface area contributed by atoms with Crippen molar-refractivity contribution in [2.75, 3.05) is 0 Å². The van der Waals surface area contributed by atoms with E-state index in [2.05, 4.69) is 0 Å². The Morgan fingerprint density at radius 2 is 1.56 bits per heavy atom. The fourth-order valence-corrected chi connectivity index (χ4v) is 4.13. The van der Waals surface area contributed by atoms with Crippen molar-refractivity contribution in [2.45, 2.75) is 83.4 Å². The molecule has 6 nitrogen and oxygen atoms in total. The van der Waals surface area contributed by atoms with Crippen LogP contribution in [-0.2, 0) is 28.6 Å². The highest BCUT2D eigenvalue weighted by molar-refractivity contribution is 8.06. The monoisotopic (exact) mass is 396 g/mol. The summed E-state index contributed by atoms with van der Waals surface area (Å²) in [7, 11) is 0. The molecule has 0 spiro atoms. The van der Waals surface area contributed by atoms with Crippen molar-refractivity contribution in [1.82, 2.24) is 0 Å². The summed E-state index contributed by atoms with van der Waals surface area (Å²) in [6.07, 6.45) is 4.10. The van der Waals surface area contributed by atoms with Gasteiger partial charge in [0.15, 0.2) is 0 Å². The fraction of sp³-hybridized carbons (Fsp3) is 0.650. The lowest BCUT2D eigenvalue weighted by Crippen LogP contribution is -2.49. The van der Waals surface area contributed by atoms with Crippen LogP contribution in [0.2, 0.25) is 0 Å². The first kappa shape index (κ1) is 21.5. The molecule has 0 saturated carbocycles. The first-order chi connectivity index (χ1) is 12.2. The predicted octanol–water partition coefficient (Wildman–Crippen LogP) is 3.69. The van der Waals surface area contributed by atoms with Crippen LogP contribution in [0.3, 0.4) is 0 Å². The van der Waals surface area contributed by atoms with Gasteiger partial charge < -0.3 is 14.2 Å². The number of carbonyl (C=O) groups is 3. The lowest BCUT2D eigenvalue weighted by molar-refractivity contribution is -0.169. The van der Waals surface area contributed by atoms with Crippen LogP contribution in [0.25, 0.3) is 0 Å². The Bertz CT molecular complexity index is 677. The second kappa shape index (κ2) is 7.34. The Balaban J connectivity index is 2.37. The summed E-state index contributed by atoms with van der Waals surface area (Å²) in [6.45, 7) is 11.9. The van der Waals surface area contributed by atoms with Gasteiger partial charge in [0, 0.05) is 12.5 Å². The zero-order valence-corrected chi connectivity index (χ0v) is 17.8. The van der Waals surface area contributed by atoms with Gasteiger partial charge in [0.25, 0.3) is 0 Å². The van der Waals surface area contributed by atoms with Crippen molar-refractivity contribution < 1.29 is 28.6 Å². The lowest BCUT2D eigenvalue weighted by Gasteiger charge is -2.34. The van der Waals surface area contributed by atoms with Crippen molar-refractivity contribution >= 4 is 29.7 Å². The molecular weight excluding hydrogens is 368 g/mol. The van der Waals surface area contributed by atoms with Gasteiger partial charge in [-0.3, -0.25) is 4.79 Å². The average Bonchev–Trinajstić information content (AvgIpc) is 2.84. The number of thioether (sulfide) groups is 1. The SMILES string of the molecule is CC(=O)OC1CCC2=C1C=CC(C(=O)OC(C)(C)C)(C(=O)OC(C)(C)C)S2. The molecule has 0 aromatic carbocycles. The fourth-order valence-electron chi connectivity index (χ4n) is 2.82. The van der Waals surface area contributed by atoms with E-state index in [-0.39, 0.29) is 12.1 Å². The zero-order valence-electron chi connectivity index (χ0n) is 17.0. The molecule has 0 N–H and O–H groups in total. The van der Waals surface area contributed by atoms with Gasteiger partial charge in [-0.25, -0.2) is 9.59 Å². The normalized spacial score (nSPS) is 21.5. The number of carbonyl (C=O) groups excluding carboxylic acids is 3. The van der Waals surface area contributed by atoms with E-state index >= 15 is 0 Å². The molecule has 2 aliphatic rings. The third-order valence-corrected chi connectivity index (χ3v) is 5.27. The molecule has 1 unspecified atom stereocenters. The summed E-state index contributed by atoms with van der Waals surface area (Å²) in [5.74, 6) is -1.68. The first-order valence-electron chi connectivity index (χ1n) is 8.99. The molecule has 7 heteroatoms. The van der Waals surface area contributed by atoms with Crippen LogP contribution in [-0.4, -0.2) is 40.0 Å². The maximum atomic E-state index is 13.0. The molecule has 0 bridgehead atoms. The molecule has 150 valence electrons. The molecule has 0 amide bonds. The number of esters is 3. The summed E-state index contributed by atoms with van der Waals surface area (Å²) in [5.41, 5.74) is -0.658. The molecule has 0 fully saturated rings. The Labute approximate surface area is 164 Å². The minimum atomic E-state index is -1.61. The highest BCUT2D eigenvalue weighted by Crippen LogP contribution is 2.49. The first-order valence-corrected chi connectivity index (χ1v) is 9.80. The zero-order chi connectivity index (χ0) is 20.6. The Kier molecular flexibility index (Phi) is 5.85. The second-order valence-electron chi connectivity index (χ2n) is 8.69. The van der Waals surface area contributed by atoms with E-state index < -0.39 is 27.9 Å². The maximum absolute atomic E-state index is 13.0. The molecule has 0 aromatic heterocycles. The van der Waals surface area contributed by atoms with E-state index in [1.807, 2.05) is 0 Å². The van der Waals surface area contributed by atoms with Gasteiger partial charge in [0.1, 0.15) is 17.3 Å². The van der Waals surface area contributed by atoms with Crippen molar-refractivity contribution in [3.05, 3.63) is 22.6 Å². The number of hydrogen-bond acceptors (Lipinski definition) is 7. The average molecular weight is 397 g/mol. The van der Waals surface area contributed by atoms with Crippen LogP contribution in [0.1, 0.15) is 61.3 Å². The molecule has 1 atom stereocenters. The van der Waals surface area contributed by atoms with Crippen molar-refractivity contribution in [3.63, 3.8) is 0 Å². The van der Waals surface area contributed by atoms with Gasteiger partial charge in [0.05, 0.1) is 0 Å². The van der Waals surface area contributed by atoms with Gasteiger partial charge >= 0.3 is 17.9 Å². The predicted molar refractivity (Wildman–Crippen MR) is 103 cm³/mol. The molecule has 0 saturated heterocycles. The molecular formula is C20H28O6S. The van der Waals surface area contributed by atoms with E-state index in [1.54, 1.807) is 47.6 Å². The van der Waals surface area contributed by atoms with Crippen LogP contribution in [0.4, 0.5) is 0 Å². The maximum Gasteiger partial charge on any atom is 0.338 e. The number of ether oxygens (including phenoxy) is 3. The highest BCUT2D eigenvalue weighted by Gasteiger charge is 2.53. The summed E-state index contributed by atoms with van der Waals surface area (Å²) >= 11 is 1.13. The molecule has 2 rings (SSSR count). The van der Waals surface area contributed by atoms with Gasteiger partial charge in [-0.1, -0.05) is 17.8 Å². The van der Waals surface area contributed by atoms with Crippen LogP contribution >= 0.6 is 11.8 Å². The highest BCUT2D eigenvalue weighted by atomic mass is 32.2. The van der Waals surface area contributed by atoms with Crippen molar-refractivity contribution in [3.8, 4) is 0 Å². The lowest BCUT2D eigenvalue weighted by atomic mass is 10.0. The van der Waals surface area contributed by atoms with Crippen LogP contribution < -0.4 is 0 Å². The summed E-state index contributed by atoms with van der Waals surface area (Å²) in [4.78, 5) is 38.2. The van der Waals surface area contributed by atoms with E-state index in [0.29, 0.717) is 12.8 Å². The van der Waals surface area contributed by atoms with Gasteiger partial charge in [-0.05, 0) is 65.4 Å². The molecule has 1 aliphatic heterocycles. The minimum absolute atomic E-state index is 0.350. The van der Waals surface area contributed by atoms with Crippen molar-refractivity contribution in [1.29, 1.82) is 0 Å². The van der Waals surface area contributed by atoms with Gasteiger partial charge in [0.2, 0.25) is 4.75 Å². The standard InChI is InChI=1S/C20H28O6S/c1-12(21)24-14-8-9-15-13(14)10-11-20(27-15,16(22)25-18(2,3)4)17(23)26-19(5,6)7/h10-11,14H,8-9H2,1-7H3. The van der Waals surface area contributed by atoms with E-state index in [4.69, 9.17) is 14.2 Å². The topological polar surface area (TPSA) is 78.9 Å². The van der Waals surface area contributed by atoms with E-state index in [1.165, 1.54) is 13.0 Å². The van der Waals surface area contributed by atoms with Gasteiger partial charge in [-0.15, -0.1) is 0 Å². The molecule has 0 aromatic rings. The Hall–Kier alpha value is -1.76. The quantitative estimate of drug-likeness (QED) is 0.409. The number of rotatable bonds is 3. The number of hydrogen-bond donors (Lipinski definition) is 0. The van der Waals surface area contributed by atoms with E-state index in [9.17, 15) is 14.4 Å². The van der Waals surface area contributed by atoms with Gasteiger partial charge in [-0.2, -0.15) is 0 Å². The van der Waals surface area contributed by atoms with Crippen LogP contribution in [0, 0.1) is 0 Å². The van der Waals surface area contributed by atoms with Crippen molar-refractivity contribution in [2.24, 2.45) is 0 Å². The van der Waals surface area contributed by atoms with E-state index in [0.717, 1.165) is 22.2 Å². The minimum Gasteiger partial charge on any atom is -0.458 e.